The number of aromatic amines is 1. The average molecular weight is 390 g/mol. The van der Waals surface area contributed by atoms with Crippen LogP contribution in [0.3, 0.4) is 0 Å². The van der Waals surface area contributed by atoms with Crippen molar-refractivity contribution in [2.75, 3.05) is 0 Å². The first-order valence-corrected chi connectivity index (χ1v) is 8.47. The summed E-state index contributed by atoms with van der Waals surface area (Å²) in [4.78, 5) is 10.7. The second-order valence-corrected chi connectivity index (χ2v) is 6.18. The predicted octanol–water partition coefficient (Wildman–Crippen LogP) is 4.69. The first-order chi connectivity index (χ1) is 13.3. The molecule has 2 aromatic carbocycles. The van der Waals surface area contributed by atoms with Crippen LogP contribution < -0.4 is 4.74 Å². The number of nitrogens with one attached hydrogen (secondary N) is 1. The normalized spacial score (nSPS) is 11.4. The molecular formula is C20H17F3N2O3. The maximum Gasteiger partial charge on any atom is 0.416 e. The molecule has 0 bridgehead atoms. The van der Waals surface area contributed by atoms with Crippen molar-refractivity contribution >= 4 is 5.97 Å². The Bertz CT molecular complexity index is 950. The van der Waals surface area contributed by atoms with Crippen LogP contribution in [-0.2, 0) is 24.0 Å². The van der Waals surface area contributed by atoms with Crippen molar-refractivity contribution in [3.05, 3.63) is 71.4 Å². The highest BCUT2D eigenvalue weighted by Gasteiger charge is 2.30. The third-order valence-corrected chi connectivity index (χ3v) is 4.06. The van der Waals surface area contributed by atoms with Gasteiger partial charge in [0.2, 0.25) is 0 Å². The number of aliphatic carboxylic acids is 1. The fourth-order valence-electron chi connectivity index (χ4n) is 2.62. The number of nitrogens with zero attached hydrogens (tertiary/aromatic N) is 1. The van der Waals surface area contributed by atoms with Gasteiger partial charge in [-0.25, -0.2) is 0 Å². The van der Waals surface area contributed by atoms with E-state index in [2.05, 4.69) is 10.2 Å². The maximum absolute atomic E-state index is 12.6. The lowest BCUT2D eigenvalue weighted by molar-refractivity contribution is -0.138. The highest BCUT2D eigenvalue weighted by Crippen LogP contribution is 2.30. The van der Waals surface area contributed by atoms with Gasteiger partial charge < -0.3 is 9.84 Å². The summed E-state index contributed by atoms with van der Waals surface area (Å²) in [5, 5.41) is 15.7. The van der Waals surface area contributed by atoms with Crippen molar-refractivity contribution in [3.63, 3.8) is 0 Å². The fraction of sp³-hybridized carbons (Fsp3) is 0.200. The van der Waals surface area contributed by atoms with E-state index in [4.69, 9.17) is 9.84 Å². The molecule has 2 N–H and O–H groups in total. The molecule has 0 aliphatic rings. The molecule has 8 heteroatoms. The zero-order valence-corrected chi connectivity index (χ0v) is 14.7. The fourth-order valence-corrected chi connectivity index (χ4v) is 2.62. The Morgan fingerprint density at radius 3 is 2.54 bits per heavy atom. The number of aromatic nitrogens is 2. The predicted molar refractivity (Wildman–Crippen MR) is 95.8 cm³/mol. The van der Waals surface area contributed by atoms with E-state index < -0.39 is 17.7 Å². The summed E-state index contributed by atoms with van der Waals surface area (Å²) < 4.78 is 43.6. The number of hydrogen-bond acceptors (Lipinski definition) is 3. The summed E-state index contributed by atoms with van der Waals surface area (Å²) in [5.41, 5.74) is 1.88. The molecule has 3 rings (SSSR count). The van der Waals surface area contributed by atoms with Gasteiger partial charge in [-0.15, -0.1) is 0 Å². The molecule has 0 aliphatic carbocycles. The van der Waals surface area contributed by atoms with Crippen molar-refractivity contribution < 1.29 is 27.8 Å². The highest BCUT2D eigenvalue weighted by molar-refractivity contribution is 5.67. The largest absolute Gasteiger partial charge is 0.487 e. The monoisotopic (exact) mass is 390 g/mol. The number of carbonyl (C=O) groups is 1. The van der Waals surface area contributed by atoms with Crippen LogP contribution in [-0.4, -0.2) is 21.3 Å². The quantitative estimate of drug-likeness (QED) is 0.614. The number of hydrogen-bond donors (Lipinski definition) is 2. The smallest absolute Gasteiger partial charge is 0.416 e. The Morgan fingerprint density at radius 2 is 1.86 bits per heavy atom. The molecule has 1 aromatic heterocycles. The molecule has 1 heterocycles. The van der Waals surface area contributed by atoms with E-state index in [-0.39, 0.29) is 13.0 Å². The molecular weight excluding hydrogens is 373 g/mol. The molecule has 0 saturated heterocycles. The van der Waals surface area contributed by atoms with Gasteiger partial charge in [-0.05, 0) is 42.3 Å². The van der Waals surface area contributed by atoms with E-state index in [1.165, 1.54) is 12.1 Å². The minimum Gasteiger partial charge on any atom is -0.487 e. The van der Waals surface area contributed by atoms with Gasteiger partial charge in [0.05, 0.1) is 17.0 Å². The lowest BCUT2D eigenvalue weighted by Gasteiger charge is -2.06. The van der Waals surface area contributed by atoms with Gasteiger partial charge in [-0.2, -0.15) is 18.3 Å². The average Bonchev–Trinajstić information content (AvgIpc) is 3.13. The van der Waals surface area contributed by atoms with Crippen molar-refractivity contribution in [3.8, 4) is 17.0 Å². The van der Waals surface area contributed by atoms with Crippen LogP contribution in [0, 0.1) is 0 Å². The zero-order valence-electron chi connectivity index (χ0n) is 14.7. The van der Waals surface area contributed by atoms with Crippen molar-refractivity contribution in [2.45, 2.75) is 25.6 Å². The van der Waals surface area contributed by atoms with Gasteiger partial charge in [0.25, 0.3) is 0 Å². The molecule has 0 amide bonds. The lowest BCUT2D eigenvalue weighted by Crippen LogP contribution is -2.03. The maximum atomic E-state index is 12.6. The van der Waals surface area contributed by atoms with Gasteiger partial charge >= 0.3 is 12.1 Å². The van der Waals surface area contributed by atoms with Gasteiger partial charge in [0.15, 0.2) is 0 Å². The summed E-state index contributed by atoms with van der Waals surface area (Å²) >= 11 is 0. The van der Waals surface area contributed by atoms with Gasteiger partial charge in [-0.3, -0.25) is 9.89 Å². The van der Waals surface area contributed by atoms with E-state index in [9.17, 15) is 18.0 Å². The van der Waals surface area contributed by atoms with E-state index in [1.807, 2.05) is 6.07 Å². The summed E-state index contributed by atoms with van der Waals surface area (Å²) in [6.45, 7) is 0.190. The number of ether oxygens (including phenoxy) is 1. The molecule has 0 radical (unpaired) electrons. The highest BCUT2D eigenvalue weighted by atomic mass is 19.4. The van der Waals surface area contributed by atoms with E-state index >= 15 is 0 Å². The Balaban J connectivity index is 1.62. The number of H-pyrrole nitrogens is 1. The Kier molecular flexibility index (Phi) is 5.67. The first-order valence-electron chi connectivity index (χ1n) is 8.47. The number of halogens is 3. The molecule has 146 valence electrons. The number of aryl methyl sites for hydroxylation is 1. The van der Waals surface area contributed by atoms with Gasteiger partial charge in [-0.1, -0.05) is 24.3 Å². The second-order valence-electron chi connectivity index (χ2n) is 6.18. The Labute approximate surface area is 158 Å². The Morgan fingerprint density at radius 1 is 1.11 bits per heavy atom. The van der Waals surface area contributed by atoms with Crippen LogP contribution in [0.25, 0.3) is 11.3 Å². The third-order valence-electron chi connectivity index (χ3n) is 4.06. The lowest BCUT2D eigenvalue weighted by atomic mass is 10.1. The number of carboxylic acid groups (broad SMARTS) is 1. The molecule has 0 unspecified atom stereocenters. The summed E-state index contributed by atoms with van der Waals surface area (Å²) in [5.74, 6) is -0.270. The summed E-state index contributed by atoms with van der Waals surface area (Å²) in [7, 11) is 0. The van der Waals surface area contributed by atoms with Gasteiger partial charge in [0, 0.05) is 12.0 Å². The third kappa shape index (κ3) is 5.12. The number of carboxylic acids is 1. The van der Waals surface area contributed by atoms with Crippen LogP contribution in [0.2, 0.25) is 0 Å². The van der Waals surface area contributed by atoms with Crippen LogP contribution in [0.4, 0.5) is 13.2 Å². The zero-order chi connectivity index (χ0) is 20.1. The van der Waals surface area contributed by atoms with Crippen LogP contribution >= 0.6 is 0 Å². The standard InChI is InChI=1S/C20H17F3N2O3/c21-20(22,23)15-7-5-14(6-8-15)18-11-16(24-25-18)12-28-17-3-1-2-13(10-17)4-9-19(26)27/h1-3,5-8,10-11H,4,9,12H2,(H,24,25)(H,26,27). The van der Waals surface area contributed by atoms with E-state index in [0.29, 0.717) is 29.1 Å². The topological polar surface area (TPSA) is 75.2 Å². The molecule has 3 aromatic rings. The van der Waals surface area contributed by atoms with Crippen molar-refractivity contribution in [1.82, 2.24) is 10.2 Å². The minimum absolute atomic E-state index is 0.0422. The van der Waals surface area contributed by atoms with E-state index in [0.717, 1.165) is 17.7 Å². The van der Waals surface area contributed by atoms with Crippen LogP contribution in [0.1, 0.15) is 23.2 Å². The molecule has 5 nitrogen and oxygen atoms in total. The molecule has 0 spiro atoms. The van der Waals surface area contributed by atoms with Gasteiger partial charge in [0.1, 0.15) is 12.4 Å². The van der Waals surface area contributed by atoms with Crippen LogP contribution in [0.15, 0.2) is 54.6 Å². The number of benzene rings is 2. The first kappa shape index (κ1) is 19.5. The van der Waals surface area contributed by atoms with Crippen molar-refractivity contribution in [2.24, 2.45) is 0 Å². The molecule has 0 saturated carbocycles. The molecule has 0 fully saturated rings. The SMILES string of the molecule is O=C(O)CCc1cccc(OCc2cc(-c3ccc(C(F)(F)F)cc3)n[nH]2)c1. The number of alkyl halides is 3. The summed E-state index contributed by atoms with van der Waals surface area (Å²) in [6.07, 6.45) is -3.92. The van der Waals surface area contributed by atoms with E-state index in [1.54, 1.807) is 24.3 Å². The number of rotatable bonds is 7. The minimum atomic E-state index is -4.37. The summed E-state index contributed by atoms with van der Waals surface area (Å²) in [6, 6.07) is 13.6. The molecule has 28 heavy (non-hydrogen) atoms. The van der Waals surface area contributed by atoms with Crippen molar-refractivity contribution in [1.29, 1.82) is 0 Å². The Hall–Kier alpha value is -3.29. The second kappa shape index (κ2) is 8.16. The van der Waals surface area contributed by atoms with Crippen LogP contribution in [0.5, 0.6) is 5.75 Å². The molecule has 0 atom stereocenters. The molecule has 0 aliphatic heterocycles.